The molecule has 9 nitrogen and oxygen atoms in total. The van der Waals surface area contributed by atoms with Crippen molar-refractivity contribution in [1.82, 2.24) is 29.7 Å². The Hall–Kier alpha value is -4.01. The lowest BCUT2D eigenvalue weighted by Crippen LogP contribution is -2.47. The van der Waals surface area contributed by atoms with Gasteiger partial charge in [-0.2, -0.15) is 5.10 Å². The molecule has 1 N–H and O–H groups in total. The summed E-state index contributed by atoms with van der Waals surface area (Å²) in [5, 5.41) is 11.4. The maximum absolute atomic E-state index is 12.9. The molecule has 30 heavy (non-hydrogen) atoms. The van der Waals surface area contributed by atoms with Crippen LogP contribution in [0.4, 0.5) is 5.82 Å². The quantitative estimate of drug-likeness (QED) is 0.564. The first-order valence-electron chi connectivity index (χ1n) is 9.63. The van der Waals surface area contributed by atoms with Crippen LogP contribution < -0.4 is 10.2 Å². The number of anilines is 1. The van der Waals surface area contributed by atoms with Crippen LogP contribution in [-0.2, 0) is 11.3 Å². The van der Waals surface area contributed by atoms with Crippen LogP contribution in [0.2, 0.25) is 0 Å². The van der Waals surface area contributed by atoms with Crippen LogP contribution in [-0.4, -0.2) is 49.3 Å². The molecule has 9 heteroatoms. The Bertz CT molecular complexity index is 1240. The molecule has 1 aliphatic rings. The fraction of sp³-hybridized carbons (Fsp3) is 0.190. The van der Waals surface area contributed by atoms with E-state index in [1.807, 2.05) is 42.5 Å². The minimum Gasteiger partial charge on any atom is -0.337 e. The van der Waals surface area contributed by atoms with E-state index in [0.717, 1.165) is 11.3 Å². The molecule has 0 aliphatic carbocycles. The average molecular weight is 401 g/mol. The van der Waals surface area contributed by atoms with Crippen molar-refractivity contribution in [2.75, 3.05) is 11.9 Å². The average Bonchev–Trinajstić information content (AvgIpc) is 3.40. The lowest BCUT2D eigenvalue weighted by molar-refractivity contribution is -0.120. The molecule has 4 heterocycles. The third-order valence-corrected chi connectivity index (χ3v) is 5.23. The summed E-state index contributed by atoms with van der Waals surface area (Å²) in [7, 11) is 1.68. The Morgan fingerprint density at radius 2 is 1.93 bits per heavy atom. The highest BCUT2D eigenvalue weighted by molar-refractivity contribution is 6.01. The second-order valence-corrected chi connectivity index (χ2v) is 7.11. The first-order valence-corrected chi connectivity index (χ1v) is 9.63. The number of nitrogens with zero attached hydrogens (tertiary/aromatic N) is 6. The van der Waals surface area contributed by atoms with E-state index in [2.05, 4.69) is 20.5 Å². The summed E-state index contributed by atoms with van der Waals surface area (Å²) in [5.74, 6) is 0.0475. The van der Waals surface area contributed by atoms with Crippen molar-refractivity contribution < 1.29 is 9.59 Å². The summed E-state index contributed by atoms with van der Waals surface area (Å²) in [6, 6.07) is 16.5. The summed E-state index contributed by atoms with van der Waals surface area (Å²) < 4.78 is 3.39. The van der Waals surface area contributed by atoms with Gasteiger partial charge in [0.05, 0.1) is 11.9 Å². The third kappa shape index (κ3) is 3.00. The Balaban J connectivity index is 1.42. The van der Waals surface area contributed by atoms with E-state index in [-0.39, 0.29) is 11.7 Å². The van der Waals surface area contributed by atoms with Gasteiger partial charge < -0.3 is 5.32 Å². The highest BCUT2D eigenvalue weighted by Gasteiger charge is 2.30. The third-order valence-electron chi connectivity index (χ3n) is 5.23. The molecule has 150 valence electrons. The van der Waals surface area contributed by atoms with Gasteiger partial charge in [0.1, 0.15) is 11.9 Å². The zero-order valence-corrected chi connectivity index (χ0v) is 16.3. The number of aryl methyl sites for hydroxylation is 1. The van der Waals surface area contributed by atoms with Crippen molar-refractivity contribution >= 4 is 23.3 Å². The predicted octanol–water partition coefficient (Wildman–Crippen LogP) is 1.76. The lowest BCUT2D eigenvalue weighted by atomic mass is 10.1. The highest BCUT2D eigenvalue weighted by atomic mass is 16.2. The Labute approximate surface area is 171 Å². The smallest absolute Gasteiger partial charge is 0.291 e. The highest BCUT2D eigenvalue weighted by Crippen LogP contribution is 2.21. The van der Waals surface area contributed by atoms with Crippen LogP contribution in [0.5, 0.6) is 0 Å². The van der Waals surface area contributed by atoms with Crippen LogP contribution in [0, 0.1) is 0 Å². The van der Waals surface area contributed by atoms with Crippen molar-refractivity contribution in [1.29, 1.82) is 0 Å². The van der Waals surface area contributed by atoms with E-state index in [1.54, 1.807) is 34.6 Å². The topological polar surface area (TPSA) is 97.4 Å². The normalized spacial score (nSPS) is 16.4. The van der Waals surface area contributed by atoms with Crippen molar-refractivity contribution in [2.45, 2.75) is 19.0 Å². The number of pyridine rings is 1. The van der Waals surface area contributed by atoms with E-state index < -0.39 is 11.9 Å². The summed E-state index contributed by atoms with van der Waals surface area (Å²) in [4.78, 5) is 31.5. The number of amides is 2. The second kappa shape index (κ2) is 7.11. The largest absolute Gasteiger partial charge is 0.337 e. The number of benzene rings is 1. The SMILES string of the molecule is CN1C(=O)[C@@H](NC(=O)c2nc3cccc(-c4ccccc4)n3n2)CCn2nccc21. The van der Waals surface area contributed by atoms with Gasteiger partial charge in [-0.25, -0.2) is 14.2 Å². The van der Waals surface area contributed by atoms with E-state index >= 15 is 0 Å². The van der Waals surface area contributed by atoms with Crippen LogP contribution in [0.3, 0.4) is 0 Å². The van der Waals surface area contributed by atoms with Gasteiger partial charge in [-0.1, -0.05) is 36.4 Å². The zero-order valence-electron chi connectivity index (χ0n) is 16.3. The number of carbonyl (C=O) groups is 2. The minimum atomic E-state index is -0.676. The molecule has 4 aromatic rings. The van der Waals surface area contributed by atoms with Gasteiger partial charge >= 0.3 is 0 Å². The molecule has 0 saturated carbocycles. The fourth-order valence-electron chi connectivity index (χ4n) is 3.69. The van der Waals surface area contributed by atoms with Gasteiger partial charge in [0.2, 0.25) is 5.82 Å². The van der Waals surface area contributed by atoms with Crippen LogP contribution in [0.15, 0.2) is 60.8 Å². The summed E-state index contributed by atoms with van der Waals surface area (Å²) >= 11 is 0. The number of hydrogen-bond acceptors (Lipinski definition) is 5. The van der Waals surface area contributed by atoms with Gasteiger partial charge in [-0.15, -0.1) is 5.10 Å². The Kier molecular flexibility index (Phi) is 4.27. The molecule has 1 aromatic carbocycles. The van der Waals surface area contributed by atoms with E-state index in [1.165, 1.54) is 4.90 Å². The van der Waals surface area contributed by atoms with Crippen molar-refractivity contribution in [3.05, 3.63) is 66.6 Å². The zero-order chi connectivity index (χ0) is 20.7. The molecule has 0 unspecified atom stereocenters. The van der Waals surface area contributed by atoms with E-state index in [4.69, 9.17) is 0 Å². The molecule has 3 aromatic heterocycles. The minimum absolute atomic E-state index is 0.0239. The molecule has 5 rings (SSSR count). The second-order valence-electron chi connectivity index (χ2n) is 7.11. The molecule has 0 spiro atoms. The maximum Gasteiger partial charge on any atom is 0.291 e. The molecule has 0 radical (unpaired) electrons. The first-order chi connectivity index (χ1) is 14.6. The number of carbonyl (C=O) groups excluding carboxylic acids is 2. The summed E-state index contributed by atoms with van der Waals surface area (Å²) in [5.41, 5.74) is 2.36. The van der Waals surface area contributed by atoms with Crippen molar-refractivity contribution in [2.24, 2.45) is 0 Å². The lowest BCUT2D eigenvalue weighted by Gasteiger charge is -2.19. The van der Waals surface area contributed by atoms with Crippen LogP contribution in [0.25, 0.3) is 16.9 Å². The number of aromatic nitrogens is 5. The van der Waals surface area contributed by atoms with E-state index in [9.17, 15) is 9.59 Å². The molecular formula is C21H19N7O2. The van der Waals surface area contributed by atoms with E-state index in [0.29, 0.717) is 24.4 Å². The molecule has 0 fully saturated rings. The monoisotopic (exact) mass is 401 g/mol. The maximum atomic E-state index is 12.9. The van der Waals surface area contributed by atoms with Crippen molar-refractivity contribution in [3.63, 3.8) is 0 Å². The van der Waals surface area contributed by atoms with Gasteiger partial charge in [0, 0.05) is 25.2 Å². The molecule has 1 aliphatic heterocycles. The number of rotatable bonds is 3. The van der Waals surface area contributed by atoms with Gasteiger partial charge in [0.25, 0.3) is 11.8 Å². The van der Waals surface area contributed by atoms with Crippen LogP contribution in [0.1, 0.15) is 17.0 Å². The molecule has 2 amide bonds. The molecular weight excluding hydrogens is 382 g/mol. The Morgan fingerprint density at radius 3 is 2.77 bits per heavy atom. The van der Waals surface area contributed by atoms with Crippen LogP contribution >= 0.6 is 0 Å². The first kappa shape index (κ1) is 18.0. The Morgan fingerprint density at radius 1 is 1.10 bits per heavy atom. The number of fused-ring (bicyclic) bond motifs is 2. The van der Waals surface area contributed by atoms with Gasteiger partial charge in [-0.3, -0.25) is 14.5 Å². The molecule has 0 bridgehead atoms. The number of nitrogens with one attached hydrogen (secondary N) is 1. The van der Waals surface area contributed by atoms with Gasteiger partial charge in [0.15, 0.2) is 5.65 Å². The molecule has 0 saturated heterocycles. The molecule has 1 atom stereocenters. The predicted molar refractivity (Wildman–Crippen MR) is 110 cm³/mol. The number of hydrogen-bond donors (Lipinski definition) is 1. The fourth-order valence-corrected chi connectivity index (χ4v) is 3.69. The van der Waals surface area contributed by atoms with Crippen molar-refractivity contribution in [3.8, 4) is 11.3 Å². The van der Waals surface area contributed by atoms with Gasteiger partial charge in [-0.05, 0) is 18.6 Å². The number of likely N-dealkylation sites (N-methyl/N-ethyl adjacent to an activating group) is 1. The summed E-state index contributed by atoms with van der Waals surface area (Å²) in [6.07, 6.45) is 2.09. The standard InChI is InChI=1S/C21H19N7O2/c1-26-18-10-12-22-27(18)13-11-15(21(26)30)23-20(29)19-24-17-9-5-8-16(28(17)25-19)14-6-3-2-4-7-14/h2-10,12,15H,11,13H2,1H3,(H,23,29)/t15-/m0/s1. The summed E-state index contributed by atoms with van der Waals surface area (Å²) in [6.45, 7) is 0.528.